The molecule has 3 rings (SSSR count). The Kier molecular flexibility index (Phi) is 2.69. The highest BCUT2D eigenvalue weighted by atomic mass is 16.4. The van der Waals surface area contributed by atoms with Crippen molar-refractivity contribution in [3.63, 3.8) is 0 Å². The lowest BCUT2D eigenvalue weighted by Gasteiger charge is -2.30. The Morgan fingerprint density at radius 1 is 1.50 bits per heavy atom. The summed E-state index contributed by atoms with van der Waals surface area (Å²) in [5.41, 5.74) is 0. The Labute approximate surface area is 96.0 Å². The predicted molar refractivity (Wildman–Crippen MR) is 61.0 cm³/mol. The summed E-state index contributed by atoms with van der Waals surface area (Å²) in [5.74, 6) is 2.55. The van der Waals surface area contributed by atoms with E-state index in [1.807, 2.05) is 6.92 Å². The fourth-order valence-electron chi connectivity index (χ4n) is 2.92. The largest absolute Gasteiger partial charge is 0.445 e. The first-order valence-electron chi connectivity index (χ1n) is 6.18. The second kappa shape index (κ2) is 4.18. The molecule has 0 amide bonds. The van der Waals surface area contributed by atoms with Gasteiger partial charge in [-0.2, -0.15) is 0 Å². The van der Waals surface area contributed by atoms with Crippen molar-refractivity contribution in [3.05, 3.63) is 17.8 Å². The van der Waals surface area contributed by atoms with Gasteiger partial charge in [0, 0.05) is 12.6 Å². The van der Waals surface area contributed by atoms with E-state index in [1.165, 1.54) is 32.5 Å². The molecule has 3 atom stereocenters. The zero-order valence-corrected chi connectivity index (χ0v) is 9.78. The Morgan fingerprint density at radius 2 is 2.38 bits per heavy atom. The second-order valence-electron chi connectivity index (χ2n) is 4.99. The molecule has 3 heterocycles. The summed E-state index contributed by atoms with van der Waals surface area (Å²) in [5, 5.41) is 3.60. The molecular weight excluding hydrogens is 202 g/mol. The average molecular weight is 221 g/mol. The summed E-state index contributed by atoms with van der Waals surface area (Å²) >= 11 is 0. The van der Waals surface area contributed by atoms with Crippen LogP contribution in [0.4, 0.5) is 0 Å². The van der Waals surface area contributed by atoms with E-state index >= 15 is 0 Å². The molecule has 0 aliphatic carbocycles. The fourth-order valence-corrected chi connectivity index (χ4v) is 2.92. The van der Waals surface area contributed by atoms with Gasteiger partial charge in [-0.15, -0.1) is 0 Å². The van der Waals surface area contributed by atoms with Crippen molar-refractivity contribution in [1.29, 1.82) is 0 Å². The lowest BCUT2D eigenvalue weighted by Crippen LogP contribution is -2.43. The number of fused-ring (bicyclic) bond motifs is 2. The molecule has 2 saturated heterocycles. The highest BCUT2D eigenvalue weighted by Crippen LogP contribution is 2.27. The second-order valence-corrected chi connectivity index (χ2v) is 4.99. The minimum absolute atomic E-state index is 0.658. The van der Waals surface area contributed by atoms with Gasteiger partial charge in [-0.05, 0) is 38.8 Å². The number of aryl methyl sites for hydroxylation is 1. The van der Waals surface area contributed by atoms with Gasteiger partial charge < -0.3 is 14.6 Å². The molecular formula is C12H19N3O. The van der Waals surface area contributed by atoms with E-state index in [0.29, 0.717) is 6.04 Å². The standard InChI is InChI=1S/C12H19N3O/c1-9-6-14-12(16-9)7-13-11-3-5-15-4-2-10(11)8-15/h6,10-11,13H,2-5,7-8H2,1H3. The maximum atomic E-state index is 5.47. The van der Waals surface area contributed by atoms with E-state index in [-0.39, 0.29) is 0 Å². The zero-order chi connectivity index (χ0) is 11.0. The van der Waals surface area contributed by atoms with Gasteiger partial charge in [-0.3, -0.25) is 0 Å². The first kappa shape index (κ1) is 10.3. The number of hydrogen-bond acceptors (Lipinski definition) is 4. The third kappa shape index (κ3) is 1.99. The van der Waals surface area contributed by atoms with E-state index in [4.69, 9.17) is 4.42 Å². The van der Waals surface area contributed by atoms with Crippen molar-refractivity contribution < 1.29 is 4.42 Å². The van der Waals surface area contributed by atoms with Gasteiger partial charge in [0.1, 0.15) is 5.76 Å². The molecule has 2 aliphatic heterocycles. The number of piperidine rings is 1. The summed E-state index contributed by atoms with van der Waals surface area (Å²) in [7, 11) is 0. The van der Waals surface area contributed by atoms with Crippen LogP contribution < -0.4 is 5.32 Å². The number of nitrogens with zero attached hydrogens (tertiary/aromatic N) is 2. The van der Waals surface area contributed by atoms with Gasteiger partial charge in [0.05, 0.1) is 12.7 Å². The van der Waals surface area contributed by atoms with Crippen LogP contribution in [-0.2, 0) is 6.54 Å². The van der Waals surface area contributed by atoms with Crippen molar-refractivity contribution in [3.8, 4) is 0 Å². The van der Waals surface area contributed by atoms with Gasteiger partial charge in [0.2, 0.25) is 5.89 Å². The molecule has 4 nitrogen and oxygen atoms in total. The van der Waals surface area contributed by atoms with Crippen LogP contribution in [0.3, 0.4) is 0 Å². The predicted octanol–water partition coefficient (Wildman–Crippen LogP) is 1.17. The van der Waals surface area contributed by atoms with Crippen molar-refractivity contribution >= 4 is 0 Å². The van der Waals surface area contributed by atoms with Gasteiger partial charge in [0.25, 0.3) is 0 Å². The molecule has 1 N–H and O–H groups in total. The van der Waals surface area contributed by atoms with E-state index in [9.17, 15) is 0 Å². The van der Waals surface area contributed by atoms with Crippen molar-refractivity contribution in [2.75, 3.05) is 19.6 Å². The van der Waals surface area contributed by atoms with Crippen LogP contribution in [0.15, 0.2) is 10.6 Å². The highest BCUT2D eigenvalue weighted by Gasteiger charge is 2.33. The number of hydrogen-bond donors (Lipinski definition) is 1. The molecule has 0 spiro atoms. The van der Waals surface area contributed by atoms with Crippen LogP contribution in [0.2, 0.25) is 0 Å². The molecule has 3 unspecified atom stereocenters. The van der Waals surface area contributed by atoms with Gasteiger partial charge in [0.15, 0.2) is 0 Å². The normalized spacial score (nSPS) is 33.2. The van der Waals surface area contributed by atoms with Crippen LogP contribution in [0.1, 0.15) is 24.5 Å². The Balaban J connectivity index is 1.55. The van der Waals surface area contributed by atoms with Crippen LogP contribution in [0, 0.1) is 12.8 Å². The van der Waals surface area contributed by atoms with Crippen LogP contribution >= 0.6 is 0 Å². The summed E-state index contributed by atoms with van der Waals surface area (Å²) in [4.78, 5) is 6.79. The summed E-state index contributed by atoms with van der Waals surface area (Å²) < 4.78 is 5.47. The van der Waals surface area contributed by atoms with E-state index < -0.39 is 0 Å². The number of aromatic nitrogens is 1. The molecule has 2 bridgehead atoms. The molecule has 2 aliphatic rings. The maximum Gasteiger partial charge on any atom is 0.208 e. The van der Waals surface area contributed by atoms with Crippen molar-refractivity contribution in [2.45, 2.75) is 32.4 Å². The van der Waals surface area contributed by atoms with Crippen molar-refractivity contribution in [2.24, 2.45) is 5.92 Å². The van der Waals surface area contributed by atoms with Gasteiger partial charge in [-0.25, -0.2) is 4.98 Å². The molecule has 1 aromatic rings. The van der Waals surface area contributed by atoms with E-state index in [0.717, 1.165) is 24.1 Å². The minimum atomic E-state index is 0.658. The molecule has 16 heavy (non-hydrogen) atoms. The van der Waals surface area contributed by atoms with E-state index in [1.54, 1.807) is 6.20 Å². The third-order valence-electron chi connectivity index (χ3n) is 3.82. The Morgan fingerprint density at radius 3 is 3.19 bits per heavy atom. The molecule has 0 aromatic carbocycles. The maximum absolute atomic E-state index is 5.47. The summed E-state index contributed by atoms with van der Waals surface area (Å²) in [6, 6.07) is 0.658. The molecule has 88 valence electrons. The first-order valence-corrected chi connectivity index (χ1v) is 6.18. The van der Waals surface area contributed by atoms with Crippen LogP contribution in [0.5, 0.6) is 0 Å². The SMILES string of the molecule is Cc1cnc(CNC2CCN3CCC2C3)o1. The summed E-state index contributed by atoms with van der Waals surface area (Å²) in [6.07, 6.45) is 4.40. The first-order chi connectivity index (χ1) is 7.81. The fraction of sp³-hybridized carbons (Fsp3) is 0.750. The monoisotopic (exact) mass is 221 g/mol. The third-order valence-corrected chi connectivity index (χ3v) is 3.82. The minimum Gasteiger partial charge on any atom is -0.445 e. The topological polar surface area (TPSA) is 41.3 Å². The molecule has 0 radical (unpaired) electrons. The zero-order valence-electron chi connectivity index (χ0n) is 9.78. The summed E-state index contributed by atoms with van der Waals surface area (Å²) in [6.45, 7) is 6.53. The lowest BCUT2D eigenvalue weighted by atomic mass is 9.94. The molecule has 2 fully saturated rings. The lowest BCUT2D eigenvalue weighted by molar-refractivity contribution is 0.217. The van der Waals surface area contributed by atoms with Gasteiger partial charge in [-0.1, -0.05) is 0 Å². The molecule has 1 aromatic heterocycles. The average Bonchev–Trinajstić information content (AvgIpc) is 2.86. The number of rotatable bonds is 3. The van der Waals surface area contributed by atoms with Crippen molar-refractivity contribution in [1.82, 2.24) is 15.2 Å². The molecule has 4 heteroatoms. The Hall–Kier alpha value is -0.870. The Bertz CT molecular complexity index is 363. The van der Waals surface area contributed by atoms with Gasteiger partial charge >= 0.3 is 0 Å². The smallest absolute Gasteiger partial charge is 0.208 e. The molecule has 0 saturated carbocycles. The number of nitrogens with one attached hydrogen (secondary N) is 1. The number of oxazole rings is 1. The van der Waals surface area contributed by atoms with E-state index in [2.05, 4.69) is 15.2 Å². The van der Waals surface area contributed by atoms with Crippen LogP contribution in [-0.4, -0.2) is 35.6 Å². The van der Waals surface area contributed by atoms with Crippen LogP contribution in [0.25, 0.3) is 0 Å². The highest BCUT2D eigenvalue weighted by molar-refractivity contribution is 4.94. The quantitative estimate of drug-likeness (QED) is 0.832.